The summed E-state index contributed by atoms with van der Waals surface area (Å²) in [5.74, 6) is 1.41. The molecule has 2 atom stereocenters. The predicted octanol–water partition coefficient (Wildman–Crippen LogP) is 2.45. The maximum absolute atomic E-state index is 3.33. The van der Waals surface area contributed by atoms with E-state index in [0.29, 0.717) is 23.3 Å². The Morgan fingerprint density at radius 3 is 1.80 bits per heavy atom. The Morgan fingerprint density at radius 2 is 1.60 bits per heavy atom. The molecule has 2 unspecified atom stereocenters. The summed E-state index contributed by atoms with van der Waals surface area (Å²) in [6, 6.07) is 0.616. The standard InChI is InChI=1S/C13H30N2/c1-10(2)11(9-14-6)12(15(7)8)13(3,4)5/h10-12,14H,9H2,1-8H3. The maximum Gasteiger partial charge on any atom is 0.0180 e. The van der Waals surface area contributed by atoms with Gasteiger partial charge in [0.1, 0.15) is 0 Å². The van der Waals surface area contributed by atoms with Crippen LogP contribution in [0.4, 0.5) is 0 Å². The molecule has 0 fully saturated rings. The predicted molar refractivity (Wildman–Crippen MR) is 69.2 cm³/mol. The zero-order chi connectivity index (χ0) is 12.2. The lowest BCUT2D eigenvalue weighted by Crippen LogP contribution is -2.49. The van der Waals surface area contributed by atoms with Gasteiger partial charge in [0, 0.05) is 6.04 Å². The van der Waals surface area contributed by atoms with E-state index in [-0.39, 0.29) is 0 Å². The van der Waals surface area contributed by atoms with E-state index in [1.165, 1.54) is 0 Å². The smallest absolute Gasteiger partial charge is 0.0180 e. The summed E-state index contributed by atoms with van der Waals surface area (Å²) >= 11 is 0. The summed E-state index contributed by atoms with van der Waals surface area (Å²) in [6.45, 7) is 12.8. The molecule has 1 N–H and O–H groups in total. The third-order valence-corrected chi connectivity index (χ3v) is 3.15. The molecule has 0 spiro atoms. The second-order valence-corrected chi connectivity index (χ2v) is 6.24. The molecule has 0 heterocycles. The van der Waals surface area contributed by atoms with E-state index in [1.807, 2.05) is 7.05 Å². The number of nitrogens with one attached hydrogen (secondary N) is 1. The van der Waals surface area contributed by atoms with Crippen molar-refractivity contribution in [1.29, 1.82) is 0 Å². The Bertz CT molecular complexity index is 168. The van der Waals surface area contributed by atoms with E-state index < -0.39 is 0 Å². The fourth-order valence-corrected chi connectivity index (χ4v) is 2.75. The minimum absolute atomic E-state index is 0.329. The number of hydrogen-bond acceptors (Lipinski definition) is 2. The Kier molecular flexibility index (Phi) is 5.82. The largest absolute Gasteiger partial charge is 0.319 e. The molecule has 0 aliphatic heterocycles. The van der Waals surface area contributed by atoms with Crippen molar-refractivity contribution in [1.82, 2.24) is 10.2 Å². The van der Waals surface area contributed by atoms with Gasteiger partial charge in [-0.2, -0.15) is 0 Å². The summed E-state index contributed by atoms with van der Waals surface area (Å²) in [6.07, 6.45) is 0. The molecule has 0 aromatic heterocycles. The molecule has 0 aliphatic carbocycles. The first-order valence-electron chi connectivity index (χ1n) is 6.02. The minimum Gasteiger partial charge on any atom is -0.319 e. The summed E-state index contributed by atoms with van der Waals surface area (Å²) < 4.78 is 0. The van der Waals surface area contributed by atoms with Gasteiger partial charge >= 0.3 is 0 Å². The lowest BCUT2D eigenvalue weighted by atomic mass is 9.74. The lowest BCUT2D eigenvalue weighted by molar-refractivity contribution is 0.0696. The van der Waals surface area contributed by atoms with Crippen LogP contribution in [0.25, 0.3) is 0 Å². The van der Waals surface area contributed by atoms with E-state index >= 15 is 0 Å². The molecule has 0 saturated carbocycles. The van der Waals surface area contributed by atoms with Crippen molar-refractivity contribution < 1.29 is 0 Å². The third kappa shape index (κ3) is 4.52. The molecule has 92 valence electrons. The molecule has 2 heteroatoms. The topological polar surface area (TPSA) is 15.3 Å². The van der Waals surface area contributed by atoms with Crippen molar-refractivity contribution in [3.8, 4) is 0 Å². The highest BCUT2D eigenvalue weighted by molar-refractivity contribution is 4.88. The van der Waals surface area contributed by atoms with Gasteiger partial charge in [0.05, 0.1) is 0 Å². The molecule has 2 nitrogen and oxygen atoms in total. The molecule has 0 saturated heterocycles. The molecule has 0 aromatic rings. The van der Waals surface area contributed by atoms with E-state index in [4.69, 9.17) is 0 Å². The molecular formula is C13H30N2. The van der Waals surface area contributed by atoms with Crippen LogP contribution in [0.3, 0.4) is 0 Å². The third-order valence-electron chi connectivity index (χ3n) is 3.15. The summed E-state index contributed by atoms with van der Waals surface area (Å²) in [4.78, 5) is 2.38. The summed E-state index contributed by atoms with van der Waals surface area (Å²) in [5.41, 5.74) is 0.329. The molecule has 0 aromatic carbocycles. The van der Waals surface area contributed by atoms with Crippen molar-refractivity contribution in [3.05, 3.63) is 0 Å². The maximum atomic E-state index is 3.33. The average Bonchev–Trinajstić information content (AvgIpc) is 1.99. The van der Waals surface area contributed by atoms with E-state index in [1.54, 1.807) is 0 Å². The first kappa shape index (κ1) is 14.9. The minimum atomic E-state index is 0.329. The highest BCUT2D eigenvalue weighted by Gasteiger charge is 2.34. The lowest BCUT2D eigenvalue weighted by Gasteiger charge is -2.43. The van der Waals surface area contributed by atoms with Gasteiger partial charge < -0.3 is 10.2 Å². The van der Waals surface area contributed by atoms with Crippen molar-refractivity contribution in [2.75, 3.05) is 27.7 Å². The fraction of sp³-hybridized carbons (Fsp3) is 1.00. The van der Waals surface area contributed by atoms with Gasteiger partial charge in [-0.25, -0.2) is 0 Å². The first-order chi connectivity index (χ1) is 6.71. The second-order valence-electron chi connectivity index (χ2n) is 6.24. The van der Waals surface area contributed by atoms with E-state index in [9.17, 15) is 0 Å². The zero-order valence-electron chi connectivity index (χ0n) is 11.9. The molecule has 0 rings (SSSR count). The van der Waals surface area contributed by atoms with E-state index in [2.05, 4.69) is 58.9 Å². The zero-order valence-corrected chi connectivity index (χ0v) is 11.9. The van der Waals surface area contributed by atoms with Gasteiger partial charge in [0.2, 0.25) is 0 Å². The molecule has 0 radical (unpaired) electrons. The molecule has 0 amide bonds. The van der Waals surface area contributed by atoms with Crippen molar-refractivity contribution in [2.24, 2.45) is 17.3 Å². The molecule has 0 bridgehead atoms. The van der Waals surface area contributed by atoms with E-state index in [0.717, 1.165) is 6.54 Å². The van der Waals surface area contributed by atoms with Crippen molar-refractivity contribution >= 4 is 0 Å². The van der Waals surface area contributed by atoms with Crippen LogP contribution in [0.15, 0.2) is 0 Å². The Balaban J connectivity index is 4.85. The highest BCUT2D eigenvalue weighted by Crippen LogP contribution is 2.32. The Hall–Kier alpha value is -0.0800. The SMILES string of the molecule is CNCC(C(C)C)C(N(C)C)C(C)(C)C. The summed E-state index contributed by atoms with van der Waals surface area (Å²) in [7, 11) is 6.44. The number of nitrogens with zero attached hydrogens (tertiary/aromatic N) is 1. The van der Waals surface area contributed by atoms with Crippen LogP contribution < -0.4 is 5.32 Å². The quantitative estimate of drug-likeness (QED) is 0.756. The highest BCUT2D eigenvalue weighted by atomic mass is 15.1. The molecule has 15 heavy (non-hydrogen) atoms. The monoisotopic (exact) mass is 214 g/mol. The average molecular weight is 214 g/mol. The van der Waals surface area contributed by atoms with Crippen LogP contribution in [-0.4, -0.2) is 38.6 Å². The van der Waals surface area contributed by atoms with Gasteiger partial charge in [0.25, 0.3) is 0 Å². The fourth-order valence-electron chi connectivity index (χ4n) is 2.75. The summed E-state index contributed by atoms with van der Waals surface area (Å²) in [5, 5.41) is 3.33. The van der Waals surface area contributed by atoms with Gasteiger partial charge in [-0.05, 0) is 44.9 Å². The van der Waals surface area contributed by atoms with Crippen LogP contribution in [-0.2, 0) is 0 Å². The molecular weight excluding hydrogens is 184 g/mol. The normalized spacial score (nSPS) is 17.2. The van der Waals surface area contributed by atoms with Crippen LogP contribution in [0.2, 0.25) is 0 Å². The van der Waals surface area contributed by atoms with Crippen LogP contribution in [0.5, 0.6) is 0 Å². The van der Waals surface area contributed by atoms with Crippen LogP contribution in [0, 0.1) is 17.3 Å². The Labute approximate surface area is 96.4 Å². The second kappa shape index (κ2) is 5.86. The first-order valence-corrected chi connectivity index (χ1v) is 6.02. The van der Waals surface area contributed by atoms with Gasteiger partial charge in [-0.3, -0.25) is 0 Å². The number of hydrogen-bond donors (Lipinski definition) is 1. The van der Waals surface area contributed by atoms with Gasteiger partial charge in [-0.1, -0.05) is 34.6 Å². The van der Waals surface area contributed by atoms with Gasteiger partial charge in [-0.15, -0.1) is 0 Å². The number of rotatable bonds is 5. The van der Waals surface area contributed by atoms with Crippen LogP contribution >= 0.6 is 0 Å². The van der Waals surface area contributed by atoms with Gasteiger partial charge in [0.15, 0.2) is 0 Å². The van der Waals surface area contributed by atoms with Crippen LogP contribution in [0.1, 0.15) is 34.6 Å². The molecule has 0 aliphatic rings. The van der Waals surface area contributed by atoms with Crippen molar-refractivity contribution in [2.45, 2.75) is 40.7 Å². The Morgan fingerprint density at radius 1 is 1.13 bits per heavy atom. The van der Waals surface area contributed by atoms with Crippen molar-refractivity contribution in [3.63, 3.8) is 0 Å².